The molecule has 2 saturated heterocycles. The number of aromatic nitrogens is 8. The van der Waals surface area contributed by atoms with Crippen molar-refractivity contribution < 1.29 is 149 Å². The van der Waals surface area contributed by atoms with Crippen LogP contribution in [0.2, 0.25) is 0 Å². The van der Waals surface area contributed by atoms with E-state index in [1.165, 1.54) is 21.8 Å². The van der Waals surface area contributed by atoms with Gasteiger partial charge in [-0.15, -0.1) is 0 Å². The first-order chi connectivity index (χ1) is 67.3. The van der Waals surface area contributed by atoms with E-state index in [0.29, 0.717) is 104 Å². The second-order valence-corrected chi connectivity index (χ2v) is 45.5. The van der Waals surface area contributed by atoms with E-state index < -0.39 is 149 Å². The van der Waals surface area contributed by atoms with Gasteiger partial charge in [-0.2, -0.15) is 8.62 Å². The van der Waals surface area contributed by atoms with Gasteiger partial charge in [0.05, 0.1) is 91.9 Å². The summed E-state index contributed by atoms with van der Waals surface area (Å²) in [7, 11) is -31.1. The highest BCUT2D eigenvalue weighted by Gasteiger charge is 2.52. The molecule has 0 bridgehead atoms. The molecule has 4 aromatic carbocycles. The lowest BCUT2D eigenvalue weighted by atomic mass is 9.88. The van der Waals surface area contributed by atoms with Gasteiger partial charge in [-0.1, -0.05) is 12.2 Å². The number of hydrogen-bond acceptors (Lipinski definition) is 38. The minimum atomic E-state index is -5.50. The topological polar surface area (TPSA) is 730 Å². The van der Waals surface area contributed by atoms with Crippen molar-refractivity contribution in [1.82, 2.24) is 69.5 Å². The van der Waals surface area contributed by atoms with Gasteiger partial charge >= 0.3 is 43.5 Å². The molecule has 8 aliphatic heterocycles. The highest BCUT2D eigenvalue weighted by molar-refractivity contribution is 7.86. The number of carbonyl (C=O) groups is 4. The first kappa shape index (κ1) is 107. The van der Waals surface area contributed by atoms with Crippen LogP contribution in [-0.4, -0.2) is 264 Å². The summed E-state index contributed by atoms with van der Waals surface area (Å²) in [5.41, 5.74) is 19.2. The molecule has 2 unspecified atom stereocenters. The zero-order valence-corrected chi connectivity index (χ0v) is 84.8. The molecule has 0 radical (unpaired) electrons. The minimum Gasteiger partial charge on any atom is -0.748 e. The molecule has 0 saturated carbocycles. The Labute approximate surface area is 821 Å². The average molecular weight is 2120 g/mol. The summed E-state index contributed by atoms with van der Waals surface area (Å²) in [5, 5.41) is 34.9. The second-order valence-electron chi connectivity index (χ2n) is 37.0. The third-order valence-corrected chi connectivity index (χ3v) is 30.5. The summed E-state index contributed by atoms with van der Waals surface area (Å²) in [4.78, 5) is 147. The van der Waals surface area contributed by atoms with Crippen LogP contribution in [0.3, 0.4) is 0 Å². The molecule has 16 rings (SSSR count). The molecule has 0 aliphatic carbocycles. The number of allylic oxidation sites excluding steroid dienone is 2. The largest absolute Gasteiger partial charge is 0.748 e. The molecule has 144 heavy (non-hydrogen) atoms. The molecule has 0 spiro atoms. The second kappa shape index (κ2) is 40.8. The Balaban J connectivity index is 0.000000217. The molecule has 10 atom stereocenters. The normalized spacial score (nSPS) is 21.7. The molecule has 8 aromatic rings. The van der Waals surface area contributed by atoms with E-state index in [0.717, 1.165) is 59.4 Å². The highest BCUT2D eigenvalue weighted by atomic mass is 32.2. The van der Waals surface area contributed by atoms with Crippen LogP contribution < -0.4 is 82.6 Å². The van der Waals surface area contributed by atoms with Gasteiger partial charge in [-0.3, -0.25) is 27.8 Å². The molecular weight excluding hydrogens is 2010 g/mol. The van der Waals surface area contributed by atoms with E-state index in [1.54, 1.807) is 36.4 Å². The van der Waals surface area contributed by atoms with Gasteiger partial charge in [0, 0.05) is 127 Å². The highest BCUT2D eigenvalue weighted by Crippen LogP contribution is 2.60. The molecule has 12 heterocycles. The van der Waals surface area contributed by atoms with Crippen molar-refractivity contribution in [2.75, 3.05) is 98.3 Å². The summed E-state index contributed by atoms with van der Waals surface area (Å²) in [5.74, 6) is -0.288. The SMILES string of the molecule is CCN1c2cc3c(cc2C(C)=CC1(C)C)N=c1cc2c(cc1O3)=[N+](CCCC(=O)NCCNC(=O)O[C@@H]1[C@H](O)[C@@H](COP(=O)(O)OP(=O)(O)O)O[C@H]1n1cnc3c(N)ncnc31)C(C)(C)C=C2CS(=O)(=O)[O-].CCN1c2cc3c(cc2C(C)=CC1(C)C)N=c1cc2c(cc1O3)=[N+](CCCC(=O)NCCNC(=O)O[C@H]1[C@@H](O)[C@H](n3cnc4c(N)ncnc43)O[C@@H]1COP(=O)(O)OP(=O)(O)O)C(C)(C)C=C2CS(=O)(=O)[O-]. The maximum Gasteiger partial charge on any atom is 0.481 e. The zero-order chi connectivity index (χ0) is 105. The molecule has 776 valence electrons. The van der Waals surface area contributed by atoms with Crippen LogP contribution >= 0.6 is 31.3 Å². The number of benzene rings is 4. The number of imidazole rings is 2. The number of fused-ring (bicyclic) bond motifs is 10. The number of ether oxygens (including phenoxy) is 6. The fourth-order valence-electron chi connectivity index (χ4n) is 19.0. The first-order valence-corrected chi connectivity index (χ1v) is 54.2. The lowest BCUT2D eigenvalue weighted by Crippen LogP contribution is -2.50. The number of amides is 4. The van der Waals surface area contributed by atoms with Gasteiger partial charge in [0.25, 0.3) is 0 Å². The molecule has 16 N–H and O–H groups in total. The van der Waals surface area contributed by atoms with Crippen LogP contribution in [-0.2, 0) is 84.7 Å². The summed E-state index contributed by atoms with van der Waals surface area (Å²) >= 11 is 0. The fourth-order valence-corrected chi connectivity index (χ4v) is 23.5. The van der Waals surface area contributed by atoms with E-state index in [2.05, 4.69) is 142 Å². The van der Waals surface area contributed by atoms with E-state index in [1.807, 2.05) is 61.1 Å². The van der Waals surface area contributed by atoms with Gasteiger partial charge < -0.3 is 120 Å². The molecule has 58 heteroatoms. The molecule has 8 aliphatic rings. The van der Waals surface area contributed by atoms with E-state index in [9.17, 15) is 83.4 Å². The van der Waals surface area contributed by atoms with Crippen LogP contribution in [0.1, 0.15) is 143 Å². The molecule has 52 nitrogen and oxygen atoms in total. The average Bonchev–Trinajstić information content (AvgIpc) is 0.925. The number of alkyl carbamates (subject to hydrolysis) is 2. The molecular formula is C86H108N20O32P4S2. The molecule has 4 aromatic heterocycles. The third kappa shape index (κ3) is 24.0. The summed E-state index contributed by atoms with van der Waals surface area (Å²) in [6.07, 6.45) is -1.55. The monoisotopic (exact) mass is 2120 g/mol. The number of hydrogen-bond donors (Lipinski definition) is 14. The van der Waals surface area contributed by atoms with Gasteiger partial charge in [0.1, 0.15) is 83.3 Å². The van der Waals surface area contributed by atoms with Crippen molar-refractivity contribution in [3.8, 4) is 23.0 Å². The van der Waals surface area contributed by atoms with E-state index >= 15 is 0 Å². The van der Waals surface area contributed by atoms with Gasteiger partial charge in [-0.05, 0) is 114 Å². The Morgan fingerprint density at radius 2 is 0.903 bits per heavy atom. The molecule has 4 amide bonds. The number of phosphoric ester groups is 2. The van der Waals surface area contributed by atoms with Crippen molar-refractivity contribution >= 4 is 155 Å². The number of carbonyl (C=O) groups excluding carboxylic acids is 4. The number of aliphatic hydroxyl groups excluding tert-OH is 2. The first-order valence-electron chi connectivity index (χ1n) is 45.0. The van der Waals surface area contributed by atoms with E-state index in [-0.39, 0.29) is 95.9 Å². The number of nitrogens with one attached hydrogen (secondary N) is 4. The van der Waals surface area contributed by atoms with Crippen molar-refractivity contribution in [1.29, 1.82) is 0 Å². The van der Waals surface area contributed by atoms with Crippen LogP contribution in [0.4, 0.5) is 44.0 Å². The number of phosphoric acid groups is 4. The predicted octanol–water partition coefficient (Wildman–Crippen LogP) is 3.75. The minimum absolute atomic E-state index is 0.000331. The lowest BCUT2D eigenvalue weighted by Gasteiger charge is -2.43. The van der Waals surface area contributed by atoms with Crippen LogP contribution in [0.25, 0.3) is 44.6 Å². The Morgan fingerprint density at radius 3 is 1.31 bits per heavy atom. The lowest BCUT2D eigenvalue weighted by molar-refractivity contribution is -0.122. The number of likely N-dealkylation sites (N-methyl/N-ethyl adjacent to an activating group) is 2. The van der Waals surface area contributed by atoms with Crippen molar-refractivity contribution in [2.24, 2.45) is 9.98 Å². The Bertz CT molecular complexity index is 7400. The Morgan fingerprint density at radius 1 is 0.507 bits per heavy atom. The summed E-state index contributed by atoms with van der Waals surface area (Å²) in [6.45, 7) is 24.1. The smallest absolute Gasteiger partial charge is 0.481 e. The summed E-state index contributed by atoms with van der Waals surface area (Å²) < 4.78 is 179. The van der Waals surface area contributed by atoms with Crippen LogP contribution in [0, 0.1) is 0 Å². The maximum atomic E-state index is 13.1. The van der Waals surface area contributed by atoms with Gasteiger partial charge in [0.2, 0.25) is 22.5 Å². The van der Waals surface area contributed by atoms with Crippen LogP contribution in [0.15, 0.2) is 108 Å². The van der Waals surface area contributed by atoms with Crippen molar-refractivity contribution in [2.45, 2.75) is 180 Å². The number of anilines is 4. The number of rotatable bonds is 34. The number of aliphatic hydroxyl groups is 2. The van der Waals surface area contributed by atoms with E-state index in [4.69, 9.17) is 74.0 Å². The third-order valence-electron chi connectivity index (χ3n) is 24.9. The standard InChI is InChI=1S/2C43H54N10O16P2S/c1-7-52-29-15-31-27(13-25(29)23(2)17-42(52,3)4)50-28-14-26-24(20-72(62,63)64)18-43(5,6)53(30(26)16-32(28)66-31)12-8-9-34(54)45-10-11-46-41(56)68-37-33(19-65-71(60,61)69-70(57,58)59)67-40(36(37)55)51-22-49-35-38(44)47-21-48-39(35)51;1-7-52-29-15-31-27(13-25(29)23(2)17-42(52,3)4)50-28-14-26-24(20-72(62,63)64)18-43(5,6)53(30(26)16-32(28)66-31)12-8-9-34(54)45-10-11-46-41(56)68-37-36(55)33(19-65-71(60,61)69-70(57,58)59)67-40(37)51-22-49-35-38(44)47-21-48-39(35)51/h2*13-18,21-22,33,36-37,40,55H,7-12,19-20H2,1-6H3,(H7-,44,45,46,47,48,54,56,57,58,59,60,61,62,63,64)/t2*33-,36-,37-,40-/m11/s1. The molecule has 2 fully saturated rings. The van der Waals surface area contributed by atoms with Gasteiger partial charge in [-0.25, -0.2) is 93.7 Å². The quantitative estimate of drug-likeness (QED) is 0.0118. The van der Waals surface area contributed by atoms with Crippen molar-refractivity contribution in [3.05, 3.63) is 142 Å². The Kier molecular flexibility index (Phi) is 30.3. The zero-order valence-electron chi connectivity index (χ0n) is 79.6. The van der Waals surface area contributed by atoms with Crippen LogP contribution in [0.5, 0.6) is 23.0 Å². The number of nitrogen functional groups attached to an aromatic ring is 2. The maximum absolute atomic E-state index is 13.1. The Hall–Kier alpha value is -11.4. The summed E-state index contributed by atoms with van der Waals surface area (Å²) in [6, 6.07) is 15.0. The number of nitrogens with zero attached hydrogens (tertiary/aromatic N) is 14. The fraction of sp³-hybridized carbons (Fsp3) is 0.465. The van der Waals surface area contributed by atoms with Gasteiger partial charge in [0.15, 0.2) is 81.7 Å². The predicted molar refractivity (Wildman–Crippen MR) is 512 cm³/mol. The van der Waals surface area contributed by atoms with Crippen molar-refractivity contribution in [3.63, 3.8) is 0 Å². The number of nitrogens with two attached hydrogens (primary N) is 2.